The van der Waals surface area contributed by atoms with Gasteiger partial charge in [0.1, 0.15) is 0 Å². The molecule has 23 heavy (non-hydrogen) atoms. The average Bonchev–Trinajstić information content (AvgIpc) is 3.19. The zero-order valence-corrected chi connectivity index (χ0v) is 14.7. The number of aromatic amines is 1. The number of unbranched alkanes of at least 4 members (excludes halogenated alkanes) is 1. The van der Waals surface area contributed by atoms with Crippen LogP contribution in [0.3, 0.4) is 0 Å². The maximum absolute atomic E-state index is 4.42. The van der Waals surface area contributed by atoms with E-state index in [1.165, 1.54) is 11.3 Å². The lowest BCUT2D eigenvalue weighted by Crippen LogP contribution is -2.13. The maximum Gasteiger partial charge on any atom is 0.229 e. The Balaban J connectivity index is 2.07. The molecule has 3 aromatic heterocycles. The van der Waals surface area contributed by atoms with Gasteiger partial charge >= 0.3 is 0 Å². The molecule has 8 heteroatoms. The van der Waals surface area contributed by atoms with Gasteiger partial charge in [-0.3, -0.25) is 5.10 Å². The van der Waals surface area contributed by atoms with Gasteiger partial charge in [-0.2, -0.15) is 0 Å². The third kappa shape index (κ3) is 3.17. The van der Waals surface area contributed by atoms with Crippen molar-refractivity contribution in [2.24, 2.45) is 10.2 Å². The summed E-state index contributed by atoms with van der Waals surface area (Å²) in [5.74, 6) is 0.933. The second-order valence-corrected chi connectivity index (χ2v) is 7.35. The van der Waals surface area contributed by atoms with Gasteiger partial charge < -0.3 is 0 Å². The van der Waals surface area contributed by atoms with Crippen LogP contribution in [-0.4, -0.2) is 24.8 Å². The van der Waals surface area contributed by atoms with Gasteiger partial charge in [-0.05, 0) is 6.42 Å². The van der Waals surface area contributed by atoms with Crippen molar-refractivity contribution in [2.75, 3.05) is 0 Å². The van der Waals surface area contributed by atoms with E-state index >= 15 is 0 Å². The van der Waals surface area contributed by atoms with E-state index in [2.05, 4.69) is 58.2 Å². The summed E-state index contributed by atoms with van der Waals surface area (Å²) in [5, 5.41) is 23.2. The average molecular weight is 331 g/mol. The molecule has 0 aliphatic rings. The van der Waals surface area contributed by atoms with Crippen LogP contribution in [0.15, 0.2) is 21.8 Å². The molecule has 3 rings (SSSR count). The monoisotopic (exact) mass is 331 g/mol. The lowest BCUT2D eigenvalue weighted by Gasteiger charge is -2.16. The smallest absolute Gasteiger partial charge is 0.229 e. The molecule has 0 fully saturated rings. The summed E-state index contributed by atoms with van der Waals surface area (Å²) in [4.78, 5) is 4.14. The molecule has 0 unspecified atom stereocenters. The van der Waals surface area contributed by atoms with Gasteiger partial charge in [0.25, 0.3) is 0 Å². The van der Waals surface area contributed by atoms with Gasteiger partial charge in [-0.1, -0.05) is 34.1 Å². The molecule has 0 spiro atoms. The van der Waals surface area contributed by atoms with E-state index in [-0.39, 0.29) is 5.41 Å². The first-order valence-corrected chi connectivity index (χ1v) is 8.66. The number of H-pyrrole nitrogens is 1. The minimum absolute atomic E-state index is 0.0973. The van der Waals surface area contributed by atoms with Crippen LogP contribution in [-0.2, 0) is 11.8 Å². The van der Waals surface area contributed by atoms with Crippen molar-refractivity contribution in [1.29, 1.82) is 0 Å². The molecular weight excluding hydrogens is 310 g/mol. The summed E-state index contributed by atoms with van der Waals surface area (Å²) >= 11 is 1.46. The first-order chi connectivity index (χ1) is 11.0. The summed E-state index contributed by atoms with van der Waals surface area (Å²) in [5.41, 5.74) is 2.37. The quantitative estimate of drug-likeness (QED) is 0.695. The number of nitrogens with zero attached hydrogens (tertiary/aromatic N) is 6. The zero-order valence-electron chi connectivity index (χ0n) is 13.9. The second kappa shape index (κ2) is 6.19. The molecule has 1 N–H and O–H groups in total. The number of nitrogens with one attached hydrogen (secondary N) is 1. The molecule has 3 heterocycles. The van der Waals surface area contributed by atoms with Gasteiger partial charge in [0.05, 0.1) is 5.69 Å². The SMILES string of the molecule is CCCCc1nnc2c(N=Nc3nccs3)c(C(C)(C)C)[nH]n12. The highest BCUT2D eigenvalue weighted by Gasteiger charge is 2.26. The molecular formula is C15H21N7S. The van der Waals surface area contributed by atoms with E-state index in [4.69, 9.17) is 0 Å². The van der Waals surface area contributed by atoms with Crippen molar-refractivity contribution in [2.45, 2.75) is 52.4 Å². The lowest BCUT2D eigenvalue weighted by molar-refractivity contribution is 0.559. The van der Waals surface area contributed by atoms with Crippen LogP contribution in [0.4, 0.5) is 10.8 Å². The van der Waals surface area contributed by atoms with Crippen molar-refractivity contribution < 1.29 is 0 Å². The molecule has 0 radical (unpaired) electrons. The van der Waals surface area contributed by atoms with Crippen molar-refractivity contribution in [3.63, 3.8) is 0 Å². The molecule has 3 aromatic rings. The van der Waals surface area contributed by atoms with Crippen LogP contribution >= 0.6 is 11.3 Å². The Morgan fingerprint density at radius 2 is 2.09 bits per heavy atom. The maximum atomic E-state index is 4.42. The molecule has 0 saturated heterocycles. The van der Waals surface area contributed by atoms with E-state index in [0.29, 0.717) is 5.13 Å². The molecule has 0 aliphatic heterocycles. The number of fused-ring (bicyclic) bond motifs is 1. The molecule has 7 nitrogen and oxygen atoms in total. The molecule has 122 valence electrons. The predicted molar refractivity (Wildman–Crippen MR) is 90.9 cm³/mol. The number of hydrogen-bond donors (Lipinski definition) is 1. The van der Waals surface area contributed by atoms with Crippen molar-refractivity contribution in [1.82, 2.24) is 24.8 Å². The van der Waals surface area contributed by atoms with Crippen LogP contribution < -0.4 is 0 Å². The van der Waals surface area contributed by atoms with E-state index in [9.17, 15) is 0 Å². The topological polar surface area (TPSA) is 83.6 Å². The summed E-state index contributed by atoms with van der Waals surface area (Å²) in [6.07, 6.45) is 4.82. The number of thiazole rings is 1. The number of aromatic nitrogens is 5. The summed E-state index contributed by atoms with van der Waals surface area (Å²) in [7, 11) is 0. The van der Waals surface area contributed by atoms with Gasteiger partial charge in [-0.15, -0.1) is 31.8 Å². The largest absolute Gasteiger partial charge is 0.292 e. The first kappa shape index (κ1) is 15.8. The minimum Gasteiger partial charge on any atom is -0.292 e. The van der Waals surface area contributed by atoms with Gasteiger partial charge in [-0.25, -0.2) is 9.50 Å². The standard InChI is InChI=1S/C15H21N7S/c1-5-6-7-10-17-19-13-11(18-20-14-16-8-9-23-14)12(15(2,3)4)21-22(10)13/h8-9,21H,5-7H2,1-4H3. The Morgan fingerprint density at radius 3 is 2.74 bits per heavy atom. The van der Waals surface area contributed by atoms with Gasteiger partial charge in [0.2, 0.25) is 10.8 Å². The number of hydrogen-bond acceptors (Lipinski definition) is 6. The Bertz CT molecular complexity index is 805. The molecule has 0 atom stereocenters. The highest BCUT2D eigenvalue weighted by molar-refractivity contribution is 7.13. The number of aryl methyl sites for hydroxylation is 1. The van der Waals surface area contributed by atoms with Gasteiger partial charge in [0.15, 0.2) is 11.5 Å². The second-order valence-electron chi connectivity index (χ2n) is 6.48. The highest BCUT2D eigenvalue weighted by Crippen LogP contribution is 2.35. The first-order valence-electron chi connectivity index (χ1n) is 7.78. The van der Waals surface area contributed by atoms with Crippen LogP contribution in [0, 0.1) is 0 Å². The molecule has 0 amide bonds. The predicted octanol–water partition coefficient (Wildman–Crippen LogP) is 4.57. The zero-order chi connectivity index (χ0) is 16.4. The van der Waals surface area contributed by atoms with Crippen LogP contribution in [0.2, 0.25) is 0 Å². The molecule has 0 bridgehead atoms. The van der Waals surface area contributed by atoms with Crippen molar-refractivity contribution in [3.8, 4) is 0 Å². The fourth-order valence-corrected chi connectivity index (χ4v) is 2.79. The van der Waals surface area contributed by atoms with E-state index in [1.54, 1.807) is 6.20 Å². The molecule has 0 aliphatic carbocycles. The number of rotatable bonds is 5. The van der Waals surface area contributed by atoms with Crippen LogP contribution in [0.1, 0.15) is 52.1 Å². The summed E-state index contributed by atoms with van der Waals surface area (Å²) < 4.78 is 1.94. The summed E-state index contributed by atoms with van der Waals surface area (Å²) in [6, 6.07) is 0. The fraction of sp³-hybridized carbons (Fsp3) is 0.533. The van der Waals surface area contributed by atoms with Crippen molar-refractivity contribution in [3.05, 3.63) is 23.1 Å². The Hall–Kier alpha value is -2.09. The Kier molecular flexibility index (Phi) is 4.25. The normalized spacial score (nSPS) is 12.7. The van der Waals surface area contributed by atoms with Crippen molar-refractivity contribution >= 4 is 27.8 Å². The third-order valence-electron chi connectivity index (χ3n) is 3.56. The Labute approximate surface area is 138 Å². The van der Waals surface area contributed by atoms with Crippen LogP contribution in [0.5, 0.6) is 0 Å². The van der Waals surface area contributed by atoms with E-state index in [0.717, 1.165) is 42.1 Å². The summed E-state index contributed by atoms with van der Waals surface area (Å²) in [6.45, 7) is 8.58. The van der Waals surface area contributed by atoms with E-state index in [1.807, 2.05) is 9.90 Å². The molecule has 0 aromatic carbocycles. The Morgan fingerprint density at radius 1 is 1.26 bits per heavy atom. The van der Waals surface area contributed by atoms with Crippen LogP contribution in [0.25, 0.3) is 5.65 Å². The highest BCUT2D eigenvalue weighted by atomic mass is 32.1. The minimum atomic E-state index is -0.0973. The van der Waals surface area contributed by atoms with Gasteiger partial charge in [0, 0.05) is 23.4 Å². The third-order valence-corrected chi connectivity index (χ3v) is 4.22. The molecule has 0 saturated carbocycles. The lowest BCUT2D eigenvalue weighted by atomic mass is 9.91. The van der Waals surface area contributed by atoms with E-state index < -0.39 is 0 Å². The fourth-order valence-electron chi connectivity index (χ4n) is 2.34. The number of azo groups is 1.